The second-order valence-corrected chi connectivity index (χ2v) is 3.85. The molecule has 0 bridgehead atoms. The van der Waals surface area contributed by atoms with E-state index in [0.717, 1.165) is 13.0 Å². The van der Waals surface area contributed by atoms with E-state index in [9.17, 15) is 5.11 Å². The molecule has 0 aliphatic rings. The first-order chi connectivity index (χ1) is 8.77. The standard InChI is InChI=1S/C12H16N4O2/c1-3-6-16-11(10(18-2)8-15-16)12(17)9-7-13-4-5-14-9/h4-5,7-8,12,17H,3,6H2,1-2H3. The van der Waals surface area contributed by atoms with Crippen molar-refractivity contribution in [2.75, 3.05) is 7.11 Å². The minimum atomic E-state index is -0.886. The van der Waals surface area contributed by atoms with Crippen molar-refractivity contribution in [3.05, 3.63) is 36.2 Å². The Labute approximate surface area is 105 Å². The Hall–Kier alpha value is -1.95. The molecule has 0 spiro atoms. The van der Waals surface area contributed by atoms with Gasteiger partial charge in [-0.05, 0) is 6.42 Å². The van der Waals surface area contributed by atoms with Gasteiger partial charge < -0.3 is 9.84 Å². The monoisotopic (exact) mass is 248 g/mol. The quantitative estimate of drug-likeness (QED) is 0.860. The summed E-state index contributed by atoms with van der Waals surface area (Å²) < 4.78 is 6.96. The van der Waals surface area contributed by atoms with E-state index in [1.807, 2.05) is 6.92 Å². The molecule has 6 nitrogen and oxygen atoms in total. The van der Waals surface area contributed by atoms with Crippen LogP contribution in [0.25, 0.3) is 0 Å². The van der Waals surface area contributed by atoms with Crippen LogP contribution >= 0.6 is 0 Å². The van der Waals surface area contributed by atoms with Crippen molar-refractivity contribution in [1.29, 1.82) is 0 Å². The molecule has 1 N–H and O–H groups in total. The molecule has 1 atom stereocenters. The van der Waals surface area contributed by atoms with E-state index in [4.69, 9.17) is 4.74 Å². The molecule has 2 aromatic heterocycles. The smallest absolute Gasteiger partial charge is 0.163 e. The van der Waals surface area contributed by atoms with E-state index in [1.165, 1.54) is 6.20 Å². The average Bonchev–Trinajstić information content (AvgIpc) is 2.82. The van der Waals surface area contributed by atoms with Crippen LogP contribution in [0.15, 0.2) is 24.8 Å². The number of ether oxygens (including phenoxy) is 1. The van der Waals surface area contributed by atoms with Crippen LogP contribution in [0, 0.1) is 0 Å². The molecule has 2 rings (SSSR count). The highest BCUT2D eigenvalue weighted by Crippen LogP contribution is 2.28. The van der Waals surface area contributed by atoms with Gasteiger partial charge in [-0.1, -0.05) is 6.92 Å². The number of aliphatic hydroxyl groups is 1. The van der Waals surface area contributed by atoms with Gasteiger partial charge in [-0.25, -0.2) is 0 Å². The van der Waals surface area contributed by atoms with Gasteiger partial charge >= 0.3 is 0 Å². The van der Waals surface area contributed by atoms with Crippen molar-refractivity contribution in [2.45, 2.75) is 26.0 Å². The lowest BCUT2D eigenvalue weighted by Crippen LogP contribution is -2.12. The molecular weight excluding hydrogens is 232 g/mol. The lowest BCUT2D eigenvalue weighted by Gasteiger charge is -2.13. The number of aliphatic hydroxyl groups excluding tert-OH is 1. The Morgan fingerprint density at radius 2 is 2.22 bits per heavy atom. The highest BCUT2D eigenvalue weighted by atomic mass is 16.5. The molecular formula is C12H16N4O2. The predicted octanol–water partition coefficient (Wildman–Crippen LogP) is 1.17. The van der Waals surface area contributed by atoms with E-state index in [-0.39, 0.29) is 0 Å². The Bertz CT molecular complexity index is 498. The van der Waals surface area contributed by atoms with Crippen LogP contribution in [-0.2, 0) is 6.54 Å². The largest absolute Gasteiger partial charge is 0.493 e. The van der Waals surface area contributed by atoms with E-state index in [0.29, 0.717) is 17.1 Å². The topological polar surface area (TPSA) is 73.1 Å². The van der Waals surface area contributed by atoms with Gasteiger partial charge in [-0.3, -0.25) is 14.6 Å². The van der Waals surface area contributed by atoms with E-state index in [2.05, 4.69) is 15.1 Å². The number of hydrogen-bond acceptors (Lipinski definition) is 5. The molecule has 0 saturated heterocycles. The summed E-state index contributed by atoms with van der Waals surface area (Å²) in [7, 11) is 1.56. The number of nitrogens with zero attached hydrogens (tertiary/aromatic N) is 4. The van der Waals surface area contributed by atoms with Crippen molar-refractivity contribution in [2.24, 2.45) is 0 Å². The van der Waals surface area contributed by atoms with Gasteiger partial charge in [-0.15, -0.1) is 0 Å². The van der Waals surface area contributed by atoms with Crippen molar-refractivity contribution in [3.8, 4) is 5.75 Å². The first kappa shape index (κ1) is 12.5. The van der Waals surface area contributed by atoms with Gasteiger partial charge in [0.15, 0.2) is 5.75 Å². The zero-order valence-electron chi connectivity index (χ0n) is 10.4. The van der Waals surface area contributed by atoms with Crippen LogP contribution in [0.4, 0.5) is 0 Å². The van der Waals surface area contributed by atoms with Crippen molar-refractivity contribution < 1.29 is 9.84 Å². The summed E-state index contributed by atoms with van der Waals surface area (Å²) in [5.41, 5.74) is 1.09. The molecule has 0 aliphatic carbocycles. The first-order valence-corrected chi connectivity index (χ1v) is 5.81. The first-order valence-electron chi connectivity index (χ1n) is 5.81. The summed E-state index contributed by atoms with van der Waals surface area (Å²) in [5, 5.41) is 14.6. The zero-order chi connectivity index (χ0) is 13.0. The van der Waals surface area contributed by atoms with Gasteiger partial charge in [-0.2, -0.15) is 5.10 Å². The summed E-state index contributed by atoms with van der Waals surface area (Å²) >= 11 is 0. The lowest BCUT2D eigenvalue weighted by molar-refractivity contribution is 0.197. The van der Waals surface area contributed by atoms with Gasteiger partial charge in [0, 0.05) is 18.9 Å². The Balaban J connectivity index is 2.39. The molecule has 18 heavy (non-hydrogen) atoms. The van der Waals surface area contributed by atoms with Crippen LogP contribution in [-0.4, -0.2) is 32.0 Å². The third kappa shape index (κ3) is 2.33. The number of aromatic nitrogens is 4. The molecule has 0 saturated carbocycles. The fourth-order valence-electron chi connectivity index (χ4n) is 1.79. The third-order valence-corrected chi connectivity index (χ3v) is 2.62. The fourth-order valence-corrected chi connectivity index (χ4v) is 1.79. The zero-order valence-corrected chi connectivity index (χ0v) is 10.4. The number of rotatable bonds is 5. The van der Waals surface area contributed by atoms with E-state index < -0.39 is 6.10 Å². The molecule has 6 heteroatoms. The summed E-state index contributed by atoms with van der Waals surface area (Å²) in [4.78, 5) is 8.06. The molecule has 2 heterocycles. The molecule has 0 amide bonds. The lowest BCUT2D eigenvalue weighted by atomic mass is 10.2. The molecule has 1 unspecified atom stereocenters. The summed E-state index contributed by atoms with van der Waals surface area (Å²) in [6.07, 6.45) is 6.29. The molecule has 96 valence electrons. The van der Waals surface area contributed by atoms with Gasteiger partial charge in [0.25, 0.3) is 0 Å². The Morgan fingerprint density at radius 3 is 2.83 bits per heavy atom. The third-order valence-electron chi connectivity index (χ3n) is 2.62. The van der Waals surface area contributed by atoms with Crippen molar-refractivity contribution in [3.63, 3.8) is 0 Å². The van der Waals surface area contributed by atoms with Crippen molar-refractivity contribution in [1.82, 2.24) is 19.7 Å². The Morgan fingerprint density at radius 1 is 1.39 bits per heavy atom. The maximum atomic E-state index is 10.4. The minimum Gasteiger partial charge on any atom is -0.493 e. The summed E-state index contributed by atoms with van der Waals surface area (Å²) in [6, 6.07) is 0. The number of methoxy groups -OCH3 is 1. The second kappa shape index (κ2) is 5.59. The average molecular weight is 248 g/mol. The van der Waals surface area contributed by atoms with Gasteiger partial charge in [0.2, 0.25) is 0 Å². The van der Waals surface area contributed by atoms with Crippen LogP contribution in [0.2, 0.25) is 0 Å². The van der Waals surface area contributed by atoms with Crippen molar-refractivity contribution >= 4 is 0 Å². The molecule has 0 radical (unpaired) electrons. The van der Waals surface area contributed by atoms with Gasteiger partial charge in [0.1, 0.15) is 11.8 Å². The maximum absolute atomic E-state index is 10.4. The number of hydrogen-bond donors (Lipinski definition) is 1. The SMILES string of the molecule is CCCn1ncc(OC)c1C(O)c1cnccn1. The Kier molecular flexibility index (Phi) is 3.88. The summed E-state index contributed by atoms with van der Waals surface area (Å²) in [6.45, 7) is 2.77. The summed E-state index contributed by atoms with van der Waals surface area (Å²) in [5.74, 6) is 0.557. The van der Waals surface area contributed by atoms with Crippen LogP contribution in [0.1, 0.15) is 30.8 Å². The minimum absolute atomic E-state index is 0.480. The highest BCUT2D eigenvalue weighted by Gasteiger charge is 2.22. The predicted molar refractivity (Wildman–Crippen MR) is 65.2 cm³/mol. The van der Waals surface area contributed by atoms with Gasteiger partial charge in [0.05, 0.1) is 25.2 Å². The van der Waals surface area contributed by atoms with Crippen LogP contribution in [0.5, 0.6) is 5.75 Å². The number of aryl methyl sites for hydroxylation is 1. The highest BCUT2D eigenvalue weighted by molar-refractivity contribution is 5.31. The maximum Gasteiger partial charge on any atom is 0.163 e. The normalized spacial score (nSPS) is 12.4. The molecule has 0 aliphatic heterocycles. The molecule has 0 aromatic carbocycles. The fraction of sp³-hybridized carbons (Fsp3) is 0.417. The van der Waals surface area contributed by atoms with E-state index in [1.54, 1.807) is 30.4 Å². The molecule has 2 aromatic rings. The molecule has 0 fully saturated rings. The second-order valence-electron chi connectivity index (χ2n) is 3.85. The van der Waals surface area contributed by atoms with E-state index >= 15 is 0 Å². The van der Waals surface area contributed by atoms with Crippen LogP contribution in [0.3, 0.4) is 0 Å². The van der Waals surface area contributed by atoms with Crippen LogP contribution < -0.4 is 4.74 Å².